The highest BCUT2D eigenvalue weighted by Crippen LogP contribution is 2.26. The fraction of sp³-hybridized carbons (Fsp3) is 0.478. The van der Waals surface area contributed by atoms with Gasteiger partial charge in [-0.3, -0.25) is 14.2 Å². The third-order valence-corrected chi connectivity index (χ3v) is 5.00. The van der Waals surface area contributed by atoms with Crippen molar-refractivity contribution in [1.29, 1.82) is 0 Å². The SMILES string of the molecule is CCOC(=O)Cn1c(C)c(CC)c(Cc2cc(C)cc(C)c2)c(N(C)C)c1=O. The summed E-state index contributed by atoms with van der Waals surface area (Å²) >= 11 is 0. The van der Waals surface area contributed by atoms with Crippen molar-refractivity contribution in [3.63, 3.8) is 0 Å². The van der Waals surface area contributed by atoms with Gasteiger partial charge in [0.15, 0.2) is 0 Å². The molecule has 0 aliphatic heterocycles. The number of aryl methyl sites for hydroxylation is 2. The van der Waals surface area contributed by atoms with Gasteiger partial charge >= 0.3 is 5.97 Å². The quantitative estimate of drug-likeness (QED) is 0.685. The van der Waals surface area contributed by atoms with E-state index in [0.29, 0.717) is 18.7 Å². The molecule has 28 heavy (non-hydrogen) atoms. The Morgan fingerprint density at radius 3 is 2.14 bits per heavy atom. The number of hydrogen-bond donors (Lipinski definition) is 0. The fourth-order valence-electron chi connectivity index (χ4n) is 3.96. The van der Waals surface area contributed by atoms with Gasteiger partial charge in [-0.15, -0.1) is 0 Å². The van der Waals surface area contributed by atoms with E-state index in [2.05, 4.69) is 39.0 Å². The molecule has 0 radical (unpaired) electrons. The number of pyridine rings is 1. The number of aromatic nitrogens is 1. The normalized spacial score (nSPS) is 10.8. The number of anilines is 1. The first-order valence-corrected chi connectivity index (χ1v) is 9.84. The van der Waals surface area contributed by atoms with E-state index in [1.165, 1.54) is 16.7 Å². The van der Waals surface area contributed by atoms with E-state index in [-0.39, 0.29) is 18.1 Å². The summed E-state index contributed by atoms with van der Waals surface area (Å²) in [5.41, 5.74) is 7.12. The van der Waals surface area contributed by atoms with Crippen LogP contribution < -0.4 is 10.5 Å². The molecule has 1 aromatic heterocycles. The Morgan fingerprint density at radius 1 is 1.04 bits per heavy atom. The summed E-state index contributed by atoms with van der Waals surface area (Å²) in [6.07, 6.45) is 1.48. The minimum atomic E-state index is -0.387. The monoisotopic (exact) mass is 384 g/mol. The van der Waals surface area contributed by atoms with Crippen LogP contribution in [0.1, 0.15) is 47.4 Å². The third-order valence-electron chi connectivity index (χ3n) is 5.00. The third kappa shape index (κ3) is 4.64. The maximum absolute atomic E-state index is 13.3. The molecule has 1 heterocycles. The van der Waals surface area contributed by atoms with Crippen molar-refractivity contribution in [2.45, 2.75) is 54.0 Å². The molecule has 2 aromatic rings. The van der Waals surface area contributed by atoms with Crippen LogP contribution in [0.15, 0.2) is 23.0 Å². The van der Waals surface area contributed by atoms with Gasteiger partial charge in [0.1, 0.15) is 12.2 Å². The van der Waals surface area contributed by atoms with E-state index < -0.39 is 0 Å². The minimum absolute atomic E-state index is 0.0593. The van der Waals surface area contributed by atoms with Crippen LogP contribution in [0.5, 0.6) is 0 Å². The van der Waals surface area contributed by atoms with Crippen molar-refractivity contribution in [1.82, 2.24) is 4.57 Å². The highest BCUT2D eigenvalue weighted by atomic mass is 16.5. The molecule has 0 unspecified atom stereocenters. The lowest BCUT2D eigenvalue weighted by atomic mass is 9.94. The zero-order valence-corrected chi connectivity index (χ0v) is 18.2. The molecule has 0 fully saturated rings. The van der Waals surface area contributed by atoms with Gasteiger partial charge in [-0.05, 0) is 50.8 Å². The van der Waals surface area contributed by atoms with Crippen LogP contribution in [0.25, 0.3) is 0 Å². The second kappa shape index (κ2) is 9.09. The highest BCUT2D eigenvalue weighted by Gasteiger charge is 2.22. The predicted molar refractivity (Wildman–Crippen MR) is 114 cm³/mol. The average molecular weight is 385 g/mol. The van der Waals surface area contributed by atoms with Crippen LogP contribution in [0.2, 0.25) is 0 Å². The smallest absolute Gasteiger partial charge is 0.326 e. The molecule has 0 aliphatic carbocycles. The molecule has 2 rings (SSSR count). The van der Waals surface area contributed by atoms with Gasteiger partial charge in [0, 0.05) is 26.2 Å². The largest absolute Gasteiger partial charge is 0.465 e. The van der Waals surface area contributed by atoms with Crippen molar-refractivity contribution in [2.24, 2.45) is 0 Å². The Balaban J connectivity index is 2.67. The van der Waals surface area contributed by atoms with Crippen molar-refractivity contribution in [3.05, 3.63) is 62.1 Å². The van der Waals surface area contributed by atoms with Gasteiger partial charge < -0.3 is 9.64 Å². The lowest BCUT2D eigenvalue weighted by Crippen LogP contribution is -2.34. The van der Waals surface area contributed by atoms with Crippen LogP contribution in [0, 0.1) is 20.8 Å². The van der Waals surface area contributed by atoms with Crippen LogP contribution in [-0.4, -0.2) is 31.2 Å². The Hall–Kier alpha value is -2.56. The Bertz CT molecular complexity index is 906. The Labute approximate surface area is 167 Å². The van der Waals surface area contributed by atoms with E-state index >= 15 is 0 Å². The summed E-state index contributed by atoms with van der Waals surface area (Å²) in [6.45, 7) is 10.2. The Morgan fingerprint density at radius 2 is 1.64 bits per heavy atom. The van der Waals surface area contributed by atoms with Crippen LogP contribution in [-0.2, 0) is 28.9 Å². The second-order valence-electron chi connectivity index (χ2n) is 7.51. The molecule has 0 saturated heterocycles. The van der Waals surface area contributed by atoms with Gasteiger partial charge in [-0.25, -0.2) is 0 Å². The lowest BCUT2D eigenvalue weighted by Gasteiger charge is -2.24. The van der Waals surface area contributed by atoms with Crippen LogP contribution >= 0.6 is 0 Å². The van der Waals surface area contributed by atoms with E-state index in [1.807, 2.05) is 25.9 Å². The standard InChI is InChI=1S/C23H32N2O3/c1-8-19-17(5)25(14-21(26)28-9-2)23(27)22(24(6)7)20(19)13-18-11-15(3)10-16(4)12-18/h10-12H,8-9,13-14H2,1-7H3. The van der Waals surface area contributed by atoms with Crippen LogP contribution in [0.3, 0.4) is 0 Å². The molecule has 5 heteroatoms. The zero-order chi connectivity index (χ0) is 21.0. The van der Waals surface area contributed by atoms with Crippen LogP contribution in [0.4, 0.5) is 5.69 Å². The molecule has 0 spiro atoms. The predicted octanol–water partition coefficient (Wildman–Crippen LogP) is 3.56. The molecular weight excluding hydrogens is 352 g/mol. The first-order valence-electron chi connectivity index (χ1n) is 9.84. The van der Waals surface area contributed by atoms with E-state index in [9.17, 15) is 9.59 Å². The van der Waals surface area contributed by atoms with Gasteiger partial charge in [-0.1, -0.05) is 36.2 Å². The van der Waals surface area contributed by atoms with Gasteiger partial charge in [0.2, 0.25) is 0 Å². The van der Waals surface area contributed by atoms with Gasteiger partial charge in [-0.2, -0.15) is 0 Å². The maximum Gasteiger partial charge on any atom is 0.326 e. The molecule has 0 aliphatic rings. The number of rotatable bonds is 7. The van der Waals surface area contributed by atoms with Crippen molar-refractivity contribution >= 4 is 11.7 Å². The summed E-state index contributed by atoms with van der Waals surface area (Å²) in [4.78, 5) is 27.2. The average Bonchev–Trinajstić information content (AvgIpc) is 2.58. The van der Waals surface area contributed by atoms with Crippen molar-refractivity contribution < 1.29 is 9.53 Å². The summed E-state index contributed by atoms with van der Waals surface area (Å²) in [6, 6.07) is 6.50. The summed E-state index contributed by atoms with van der Waals surface area (Å²) < 4.78 is 6.62. The number of carbonyl (C=O) groups is 1. The lowest BCUT2D eigenvalue weighted by molar-refractivity contribution is -0.143. The topological polar surface area (TPSA) is 51.5 Å². The maximum atomic E-state index is 13.3. The minimum Gasteiger partial charge on any atom is -0.465 e. The molecule has 0 amide bonds. The molecule has 0 atom stereocenters. The van der Waals surface area contributed by atoms with E-state index in [0.717, 1.165) is 23.2 Å². The molecule has 0 N–H and O–H groups in total. The molecular formula is C23H32N2O3. The summed E-state index contributed by atoms with van der Waals surface area (Å²) in [7, 11) is 3.76. The highest BCUT2D eigenvalue weighted by molar-refractivity contribution is 5.70. The van der Waals surface area contributed by atoms with Gasteiger partial charge in [0.25, 0.3) is 5.56 Å². The van der Waals surface area contributed by atoms with Gasteiger partial charge in [0.05, 0.1) is 6.61 Å². The molecule has 152 valence electrons. The number of carbonyl (C=O) groups excluding carboxylic acids is 1. The number of ether oxygens (including phenoxy) is 1. The molecule has 1 aromatic carbocycles. The Kier molecular flexibility index (Phi) is 7.05. The fourth-order valence-corrected chi connectivity index (χ4v) is 3.96. The summed E-state index contributed by atoms with van der Waals surface area (Å²) in [5.74, 6) is -0.387. The van der Waals surface area contributed by atoms with Crippen molar-refractivity contribution in [3.8, 4) is 0 Å². The summed E-state index contributed by atoms with van der Waals surface area (Å²) in [5, 5.41) is 0. The van der Waals surface area contributed by atoms with E-state index in [4.69, 9.17) is 4.74 Å². The number of hydrogen-bond acceptors (Lipinski definition) is 4. The molecule has 0 saturated carbocycles. The first kappa shape index (κ1) is 21.7. The number of nitrogens with zero attached hydrogens (tertiary/aromatic N) is 2. The molecule has 0 bridgehead atoms. The van der Waals surface area contributed by atoms with Crippen molar-refractivity contribution in [2.75, 3.05) is 25.6 Å². The zero-order valence-electron chi connectivity index (χ0n) is 18.2. The second-order valence-corrected chi connectivity index (χ2v) is 7.51. The molecule has 5 nitrogen and oxygen atoms in total. The number of esters is 1. The van der Waals surface area contributed by atoms with E-state index in [1.54, 1.807) is 11.5 Å². The number of benzene rings is 1. The first-order chi connectivity index (χ1) is 13.2.